The third-order valence-corrected chi connectivity index (χ3v) is 2.62. The van der Waals surface area contributed by atoms with Crippen molar-refractivity contribution < 1.29 is 0 Å². The van der Waals surface area contributed by atoms with E-state index in [0.717, 1.165) is 18.0 Å². The minimum absolute atomic E-state index is 0.734. The van der Waals surface area contributed by atoms with Crippen LogP contribution in [0, 0.1) is 5.92 Å². The summed E-state index contributed by atoms with van der Waals surface area (Å²) in [5.41, 5.74) is 0. The van der Waals surface area contributed by atoms with Gasteiger partial charge in [-0.15, -0.1) is 0 Å². The summed E-state index contributed by atoms with van der Waals surface area (Å²) in [6.45, 7) is 6.89. The van der Waals surface area contributed by atoms with Gasteiger partial charge in [-0.25, -0.2) is 0 Å². The van der Waals surface area contributed by atoms with Gasteiger partial charge in [0.2, 0.25) is 0 Å². The van der Waals surface area contributed by atoms with Crippen molar-refractivity contribution in [3.63, 3.8) is 0 Å². The van der Waals surface area contributed by atoms with E-state index in [1.54, 1.807) is 0 Å². The normalized spacial score (nSPS) is 33.0. The summed E-state index contributed by atoms with van der Waals surface area (Å²) in [6.07, 6.45) is 5.42. The molecule has 0 amide bonds. The van der Waals surface area contributed by atoms with Crippen molar-refractivity contribution in [1.29, 1.82) is 0 Å². The maximum atomic E-state index is 3.65. The number of rotatable bonds is 4. The molecule has 0 aliphatic heterocycles. The molecule has 11 heavy (non-hydrogen) atoms. The predicted molar refractivity (Wildman–Crippen MR) is 49.7 cm³/mol. The average Bonchev–Trinajstić information content (AvgIpc) is 1.85. The Kier molecular flexibility index (Phi) is 3.38. The van der Waals surface area contributed by atoms with E-state index in [9.17, 15) is 0 Å². The quantitative estimate of drug-likeness (QED) is 0.658. The lowest BCUT2D eigenvalue weighted by Crippen LogP contribution is -2.44. The van der Waals surface area contributed by atoms with Gasteiger partial charge in [-0.3, -0.25) is 0 Å². The van der Waals surface area contributed by atoms with Crippen LogP contribution in [-0.4, -0.2) is 12.1 Å². The van der Waals surface area contributed by atoms with Crippen molar-refractivity contribution in [3.8, 4) is 0 Å². The molecule has 0 heterocycles. The van der Waals surface area contributed by atoms with E-state index in [2.05, 4.69) is 26.1 Å². The van der Waals surface area contributed by atoms with Crippen LogP contribution in [0.5, 0.6) is 0 Å². The van der Waals surface area contributed by atoms with Crippen molar-refractivity contribution in [1.82, 2.24) is 5.32 Å². The van der Waals surface area contributed by atoms with Gasteiger partial charge >= 0.3 is 0 Å². The fourth-order valence-electron chi connectivity index (χ4n) is 1.96. The highest BCUT2D eigenvalue weighted by Crippen LogP contribution is 2.26. The molecule has 0 aromatic rings. The first-order valence-corrected chi connectivity index (χ1v) is 4.98. The Labute approximate surface area is 70.6 Å². The third kappa shape index (κ3) is 2.82. The molecule has 66 valence electrons. The molecular weight excluding hydrogens is 134 g/mol. The van der Waals surface area contributed by atoms with Crippen LogP contribution in [0.1, 0.15) is 46.5 Å². The number of hydrogen-bond acceptors (Lipinski definition) is 1. The van der Waals surface area contributed by atoms with E-state index in [0.29, 0.717) is 0 Å². The highest BCUT2D eigenvalue weighted by atomic mass is 15.0. The lowest BCUT2D eigenvalue weighted by atomic mass is 9.81. The molecule has 1 aliphatic carbocycles. The molecule has 0 saturated heterocycles. The Morgan fingerprint density at radius 2 is 2.09 bits per heavy atom. The molecule has 1 unspecified atom stereocenters. The second-order valence-electron chi connectivity index (χ2n) is 4.13. The molecule has 1 aliphatic rings. The molecule has 0 spiro atoms. The largest absolute Gasteiger partial charge is 0.311 e. The molecule has 1 nitrogen and oxygen atoms in total. The van der Waals surface area contributed by atoms with Crippen molar-refractivity contribution >= 4 is 0 Å². The molecule has 0 bridgehead atoms. The van der Waals surface area contributed by atoms with Gasteiger partial charge in [-0.05, 0) is 32.1 Å². The first kappa shape index (κ1) is 9.05. The molecule has 1 fully saturated rings. The summed E-state index contributed by atoms with van der Waals surface area (Å²) in [6, 6.07) is 1.57. The zero-order chi connectivity index (χ0) is 8.27. The van der Waals surface area contributed by atoms with Crippen molar-refractivity contribution in [2.24, 2.45) is 5.92 Å². The summed E-state index contributed by atoms with van der Waals surface area (Å²) < 4.78 is 0. The van der Waals surface area contributed by atoms with Crippen molar-refractivity contribution in [2.75, 3.05) is 0 Å². The second-order valence-corrected chi connectivity index (χ2v) is 4.13. The van der Waals surface area contributed by atoms with Gasteiger partial charge in [-0.2, -0.15) is 0 Å². The van der Waals surface area contributed by atoms with E-state index in [1.807, 2.05) is 0 Å². The van der Waals surface area contributed by atoms with Crippen LogP contribution in [0.15, 0.2) is 0 Å². The Morgan fingerprint density at radius 3 is 2.55 bits per heavy atom. The fourth-order valence-corrected chi connectivity index (χ4v) is 1.96. The van der Waals surface area contributed by atoms with Gasteiger partial charge in [-0.1, -0.05) is 20.3 Å². The lowest BCUT2D eigenvalue weighted by molar-refractivity contribution is 0.222. The van der Waals surface area contributed by atoms with Crippen LogP contribution in [0.3, 0.4) is 0 Å². The van der Waals surface area contributed by atoms with E-state index >= 15 is 0 Å². The van der Waals surface area contributed by atoms with Crippen LogP contribution in [-0.2, 0) is 0 Å². The number of hydrogen-bond donors (Lipinski definition) is 1. The SMILES string of the molecule is CCCC(C)NC1CC(C)C1. The van der Waals surface area contributed by atoms with Crippen LogP contribution in [0.4, 0.5) is 0 Å². The second kappa shape index (κ2) is 4.10. The Hall–Kier alpha value is -0.0400. The summed E-state index contributed by atoms with van der Waals surface area (Å²) in [5, 5.41) is 3.65. The van der Waals surface area contributed by atoms with Crippen LogP contribution in [0.25, 0.3) is 0 Å². The summed E-state index contributed by atoms with van der Waals surface area (Å²) in [4.78, 5) is 0. The molecule has 0 aromatic heterocycles. The fraction of sp³-hybridized carbons (Fsp3) is 1.00. The molecule has 1 heteroatoms. The minimum Gasteiger partial charge on any atom is -0.311 e. The van der Waals surface area contributed by atoms with Crippen molar-refractivity contribution in [2.45, 2.75) is 58.5 Å². The number of nitrogens with one attached hydrogen (secondary N) is 1. The zero-order valence-electron chi connectivity index (χ0n) is 8.06. The maximum absolute atomic E-state index is 3.65. The third-order valence-electron chi connectivity index (χ3n) is 2.62. The molecule has 1 N–H and O–H groups in total. The first-order valence-electron chi connectivity index (χ1n) is 4.98. The van der Waals surface area contributed by atoms with Gasteiger partial charge in [0.25, 0.3) is 0 Å². The minimum atomic E-state index is 0.734. The molecule has 1 saturated carbocycles. The lowest BCUT2D eigenvalue weighted by Gasteiger charge is -2.35. The Bertz CT molecular complexity index is 103. The molecule has 0 aromatic carbocycles. The van der Waals surface area contributed by atoms with Gasteiger partial charge in [0.05, 0.1) is 0 Å². The Morgan fingerprint density at radius 1 is 1.45 bits per heavy atom. The Balaban J connectivity index is 2.02. The summed E-state index contributed by atoms with van der Waals surface area (Å²) in [7, 11) is 0. The van der Waals surface area contributed by atoms with Crippen LogP contribution in [0.2, 0.25) is 0 Å². The van der Waals surface area contributed by atoms with Gasteiger partial charge in [0.15, 0.2) is 0 Å². The van der Waals surface area contributed by atoms with E-state index in [-0.39, 0.29) is 0 Å². The van der Waals surface area contributed by atoms with Gasteiger partial charge in [0.1, 0.15) is 0 Å². The van der Waals surface area contributed by atoms with Gasteiger partial charge < -0.3 is 5.32 Å². The van der Waals surface area contributed by atoms with Gasteiger partial charge in [0, 0.05) is 12.1 Å². The first-order chi connectivity index (χ1) is 5.22. The topological polar surface area (TPSA) is 12.0 Å². The molecular formula is C10H21N. The highest BCUT2D eigenvalue weighted by Gasteiger charge is 2.25. The van der Waals surface area contributed by atoms with Crippen LogP contribution < -0.4 is 5.32 Å². The van der Waals surface area contributed by atoms with Crippen molar-refractivity contribution in [3.05, 3.63) is 0 Å². The van der Waals surface area contributed by atoms with E-state index < -0.39 is 0 Å². The van der Waals surface area contributed by atoms with E-state index in [4.69, 9.17) is 0 Å². The molecule has 1 atom stereocenters. The van der Waals surface area contributed by atoms with E-state index in [1.165, 1.54) is 25.7 Å². The summed E-state index contributed by atoms with van der Waals surface area (Å²) in [5.74, 6) is 0.973. The predicted octanol–water partition coefficient (Wildman–Crippen LogP) is 2.56. The van der Waals surface area contributed by atoms with Crippen LogP contribution >= 0.6 is 0 Å². The maximum Gasteiger partial charge on any atom is 0.00746 e. The standard InChI is InChI=1S/C10H21N/c1-4-5-9(3)11-10-6-8(2)7-10/h8-11H,4-7H2,1-3H3. The monoisotopic (exact) mass is 155 g/mol. The molecule has 0 radical (unpaired) electrons. The average molecular weight is 155 g/mol. The molecule has 1 rings (SSSR count). The highest BCUT2D eigenvalue weighted by molar-refractivity contribution is 4.83. The summed E-state index contributed by atoms with van der Waals surface area (Å²) >= 11 is 0. The smallest absolute Gasteiger partial charge is 0.00746 e. The zero-order valence-corrected chi connectivity index (χ0v) is 8.06.